The minimum absolute atomic E-state index is 0.00216. The number of nitrogens with zero attached hydrogens (tertiary/aromatic N) is 1. The molecule has 104 valence electrons. The summed E-state index contributed by atoms with van der Waals surface area (Å²) in [6, 6.07) is 3.48. The highest BCUT2D eigenvalue weighted by Gasteiger charge is 2.32. The van der Waals surface area contributed by atoms with Crippen LogP contribution in [0.5, 0.6) is 0 Å². The van der Waals surface area contributed by atoms with Gasteiger partial charge in [-0.1, -0.05) is 11.6 Å². The van der Waals surface area contributed by atoms with E-state index in [0.29, 0.717) is 34.5 Å². The molecule has 1 aromatic rings. The molecule has 0 unspecified atom stereocenters. The molecule has 1 aliphatic rings. The van der Waals surface area contributed by atoms with Crippen molar-refractivity contribution in [1.29, 1.82) is 0 Å². The van der Waals surface area contributed by atoms with Gasteiger partial charge in [0.05, 0.1) is 30.0 Å². The van der Waals surface area contributed by atoms with Crippen molar-refractivity contribution >= 4 is 28.9 Å². The summed E-state index contributed by atoms with van der Waals surface area (Å²) in [5.41, 5.74) is 7.07. The van der Waals surface area contributed by atoms with E-state index < -0.39 is 5.97 Å². The summed E-state index contributed by atoms with van der Waals surface area (Å²) >= 11 is 6.23. The number of hydrogen-bond donors (Lipinski definition) is 2. The van der Waals surface area contributed by atoms with Crippen molar-refractivity contribution in [2.75, 3.05) is 30.9 Å². The number of carbonyl (C=O) groups is 1. The van der Waals surface area contributed by atoms with Crippen molar-refractivity contribution in [2.24, 2.45) is 0 Å². The standard InChI is InChI=1S/C13H17ClN2O3/c1-19-13(18)10-6-8(15)7-11(14)12(10)16(4-5-17)9-2-3-9/h6-7,9,17H,2-5,15H2,1H3. The van der Waals surface area contributed by atoms with Crippen LogP contribution in [0, 0.1) is 0 Å². The first kappa shape index (κ1) is 14.0. The first-order chi connectivity index (χ1) is 9.08. The number of nitrogen functional groups attached to an aromatic ring is 1. The fourth-order valence-corrected chi connectivity index (χ4v) is 2.48. The minimum atomic E-state index is -0.479. The normalized spacial score (nSPS) is 14.3. The maximum atomic E-state index is 11.9. The molecule has 0 saturated heterocycles. The zero-order valence-electron chi connectivity index (χ0n) is 10.7. The van der Waals surface area contributed by atoms with Crippen molar-refractivity contribution in [2.45, 2.75) is 18.9 Å². The number of nitrogens with two attached hydrogens (primary N) is 1. The second kappa shape index (κ2) is 5.67. The third-order valence-corrected chi connectivity index (χ3v) is 3.39. The number of aliphatic hydroxyl groups excluding tert-OH is 1. The molecule has 19 heavy (non-hydrogen) atoms. The Balaban J connectivity index is 2.49. The molecular formula is C13H17ClN2O3. The van der Waals surface area contributed by atoms with Crippen molar-refractivity contribution < 1.29 is 14.6 Å². The topological polar surface area (TPSA) is 75.8 Å². The zero-order chi connectivity index (χ0) is 14.0. The van der Waals surface area contributed by atoms with Gasteiger partial charge in [-0.3, -0.25) is 0 Å². The van der Waals surface area contributed by atoms with E-state index in [1.54, 1.807) is 12.1 Å². The lowest BCUT2D eigenvalue weighted by atomic mass is 10.1. The van der Waals surface area contributed by atoms with E-state index in [-0.39, 0.29) is 6.61 Å². The molecule has 1 fully saturated rings. The van der Waals surface area contributed by atoms with Gasteiger partial charge in [0.15, 0.2) is 0 Å². The molecule has 0 heterocycles. The SMILES string of the molecule is COC(=O)c1cc(N)cc(Cl)c1N(CCO)C1CC1. The van der Waals surface area contributed by atoms with Gasteiger partial charge in [0.25, 0.3) is 0 Å². The lowest BCUT2D eigenvalue weighted by Crippen LogP contribution is -2.31. The summed E-state index contributed by atoms with van der Waals surface area (Å²) in [7, 11) is 1.32. The van der Waals surface area contributed by atoms with Gasteiger partial charge in [-0.15, -0.1) is 0 Å². The van der Waals surface area contributed by atoms with Crippen molar-refractivity contribution in [3.63, 3.8) is 0 Å². The molecule has 1 aromatic carbocycles. The summed E-state index contributed by atoms with van der Waals surface area (Å²) in [6.45, 7) is 0.427. The van der Waals surface area contributed by atoms with Gasteiger partial charge < -0.3 is 20.5 Å². The Morgan fingerprint density at radius 1 is 1.58 bits per heavy atom. The number of halogens is 1. The number of rotatable bonds is 5. The molecule has 1 aliphatic carbocycles. The van der Waals surface area contributed by atoms with Gasteiger partial charge in [0, 0.05) is 18.3 Å². The Morgan fingerprint density at radius 2 is 2.26 bits per heavy atom. The van der Waals surface area contributed by atoms with Crippen LogP contribution in [0.1, 0.15) is 23.2 Å². The molecule has 0 radical (unpaired) electrons. The number of esters is 1. The molecule has 1 saturated carbocycles. The number of carbonyl (C=O) groups excluding carboxylic acids is 1. The maximum absolute atomic E-state index is 11.9. The van der Waals surface area contributed by atoms with Crippen LogP contribution in [0.15, 0.2) is 12.1 Å². The van der Waals surface area contributed by atoms with E-state index in [0.717, 1.165) is 12.8 Å². The van der Waals surface area contributed by atoms with E-state index in [1.807, 2.05) is 4.90 Å². The van der Waals surface area contributed by atoms with Crippen LogP contribution < -0.4 is 10.6 Å². The first-order valence-electron chi connectivity index (χ1n) is 6.13. The van der Waals surface area contributed by atoms with Gasteiger partial charge in [0.1, 0.15) is 0 Å². The number of aliphatic hydroxyl groups is 1. The molecule has 0 atom stereocenters. The Labute approximate surface area is 116 Å². The van der Waals surface area contributed by atoms with Crippen molar-refractivity contribution in [3.8, 4) is 0 Å². The van der Waals surface area contributed by atoms with Crippen molar-refractivity contribution in [1.82, 2.24) is 0 Å². The predicted molar refractivity (Wildman–Crippen MR) is 74.7 cm³/mol. The van der Waals surface area contributed by atoms with E-state index in [9.17, 15) is 9.90 Å². The maximum Gasteiger partial charge on any atom is 0.340 e. The van der Waals surface area contributed by atoms with Crippen LogP contribution in [-0.2, 0) is 4.74 Å². The average molecular weight is 285 g/mol. The molecule has 3 N–H and O–H groups in total. The number of hydrogen-bond acceptors (Lipinski definition) is 5. The largest absolute Gasteiger partial charge is 0.465 e. The molecule has 0 aromatic heterocycles. The summed E-state index contributed by atoms with van der Waals surface area (Å²) in [4.78, 5) is 13.8. The van der Waals surface area contributed by atoms with Crippen LogP contribution in [0.2, 0.25) is 5.02 Å². The van der Waals surface area contributed by atoms with E-state index in [4.69, 9.17) is 22.1 Å². The quantitative estimate of drug-likeness (QED) is 0.635. The minimum Gasteiger partial charge on any atom is -0.465 e. The van der Waals surface area contributed by atoms with Crippen LogP contribution in [0.25, 0.3) is 0 Å². The number of methoxy groups -OCH3 is 1. The third-order valence-electron chi connectivity index (χ3n) is 3.11. The molecular weight excluding hydrogens is 268 g/mol. The summed E-state index contributed by atoms with van der Waals surface area (Å²) in [5.74, 6) is -0.479. The lowest BCUT2D eigenvalue weighted by Gasteiger charge is -2.27. The van der Waals surface area contributed by atoms with Gasteiger partial charge in [0.2, 0.25) is 0 Å². The lowest BCUT2D eigenvalue weighted by molar-refractivity contribution is 0.0601. The van der Waals surface area contributed by atoms with Crippen LogP contribution in [0.4, 0.5) is 11.4 Å². The second-order valence-electron chi connectivity index (χ2n) is 4.54. The fourth-order valence-electron chi connectivity index (χ4n) is 2.15. The third kappa shape index (κ3) is 2.93. The first-order valence-corrected chi connectivity index (χ1v) is 6.51. The molecule has 5 nitrogen and oxygen atoms in total. The van der Waals surface area contributed by atoms with Crippen LogP contribution in [0.3, 0.4) is 0 Å². The number of ether oxygens (including phenoxy) is 1. The molecule has 0 spiro atoms. The zero-order valence-corrected chi connectivity index (χ0v) is 11.5. The van der Waals surface area contributed by atoms with E-state index in [1.165, 1.54) is 7.11 Å². The highest BCUT2D eigenvalue weighted by Crippen LogP contribution is 2.39. The summed E-state index contributed by atoms with van der Waals surface area (Å²) < 4.78 is 4.77. The summed E-state index contributed by atoms with van der Waals surface area (Å²) in [6.07, 6.45) is 2.06. The number of anilines is 2. The fraction of sp³-hybridized carbons (Fsp3) is 0.462. The van der Waals surface area contributed by atoms with Gasteiger partial charge in [-0.25, -0.2) is 4.79 Å². The summed E-state index contributed by atoms with van der Waals surface area (Å²) in [5, 5.41) is 9.58. The van der Waals surface area contributed by atoms with Crippen LogP contribution >= 0.6 is 11.6 Å². The highest BCUT2D eigenvalue weighted by molar-refractivity contribution is 6.34. The second-order valence-corrected chi connectivity index (χ2v) is 4.95. The highest BCUT2D eigenvalue weighted by atomic mass is 35.5. The monoisotopic (exact) mass is 284 g/mol. The Hall–Kier alpha value is -1.46. The Bertz CT molecular complexity index is 489. The predicted octanol–water partition coefficient (Wildman–Crippen LogP) is 1.67. The van der Waals surface area contributed by atoms with Crippen LogP contribution in [-0.4, -0.2) is 37.4 Å². The molecule has 0 aliphatic heterocycles. The Kier molecular flexibility index (Phi) is 4.17. The molecule has 2 rings (SSSR count). The molecule has 0 bridgehead atoms. The van der Waals surface area contributed by atoms with Gasteiger partial charge in [-0.2, -0.15) is 0 Å². The number of benzene rings is 1. The Morgan fingerprint density at radius 3 is 2.79 bits per heavy atom. The van der Waals surface area contributed by atoms with Gasteiger partial charge >= 0.3 is 5.97 Å². The van der Waals surface area contributed by atoms with E-state index in [2.05, 4.69) is 0 Å². The van der Waals surface area contributed by atoms with Crippen molar-refractivity contribution in [3.05, 3.63) is 22.7 Å². The smallest absolute Gasteiger partial charge is 0.340 e. The average Bonchev–Trinajstić information content (AvgIpc) is 3.19. The van der Waals surface area contributed by atoms with Gasteiger partial charge in [-0.05, 0) is 25.0 Å². The molecule has 6 heteroatoms. The molecule has 0 amide bonds. The van der Waals surface area contributed by atoms with E-state index >= 15 is 0 Å².